The number of esters is 2. The standard InChI is InChI=1S/C75H112O35/c1-30-44(81)48(85)53(90)63(99-30)107-59-58(105-43(80)17-12-33-10-13-34(97-9)14-11-33)32(3)101-67(60(59)108-64-56(93)51(88)57(31(2)100-64)106-62-52(89)47(84)40(28-98-62)104-65-54(91)49(86)45(82)38(26-76)102-65)110-69(96)74-21-20-70(4,5)24-36(74)35-15-16-41-71(6)25-37(79)61(109-66-55(92)50(87)46(83)39(27-77)103-66)73(8,68(94)95)42(71)18-19-72(41,7)75(35,29-78)23-22-74/h10-15,17,30-32,36-42,44-67,76-79,81-93H,16,18-29H2,1-9H3,(H,94,95)/b17-12+/t30-,31-,32+,36-,37+,38-,39-,40-,41-,42-,44+,45-,46-,47-,48+,49-,50-,51+,52-,53+,54-,55-,56-,57-,58-,59-,60+,61+,62-,63-,64-,65-,66-,67-,71+,72+,73+,74+,75-/m1/s1. The number of allylic oxidation sites excluding steroid dienone is 1. The van der Waals surface area contributed by atoms with Crippen molar-refractivity contribution in [3.05, 3.63) is 47.6 Å². The smallest absolute Gasteiger partial charge is 0.331 e. The molecule has 39 atom stereocenters. The van der Waals surface area contributed by atoms with Crippen molar-refractivity contribution in [2.75, 3.05) is 33.5 Å². The maximum absolute atomic E-state index is 16.4. The summed E-state index contributed by atoms with van der Waals surface area (Å²) in [4.78, 5) is 44.7. The minimum Gasteiger partial charge on any atom is -0.497 e. The minimum absolute atomic E-state index is 0.0281. The molecule has 1 aromatic carbocycles. The molecule has 10 fully saturated rings. The van der Waals surface area contributed by atoms with Gasteiger partial charge in [0.1, 0.15) is 122 Å². The molecule has 0 aromatic heterocycles. The Kier molecular flexibility index (Phi) is 25.3. The highest BCUT2D eigenvalue weighted by Gasteiger charge is 2.74. The number of carboxylic acids is 1. The van der Waals surface area contributed by atoms with Crippen LogP contribution in [-0.4, -0.2) is 334 Å². The quantitative estimate of drug-likeness (QED) is 0.0262. The second kappa shape index (κ2) is 32.7. The number of rotatable bonds is 20. The second-order valence-corrected chi connectivity index (χ2v) is 33.7. The number of fused-ring (bicyclic) bond motifs is 7. The van der Waals surface area contributed by atoms with Crippen LogP contribution in [-0.2, 0) is 76.0 Å². The van der Waals surface area contributed by atoms with Crippen molar-refractivity contribution in [2.45, 2.75) is 304 Å². The molecule has 1 aromatic rings. The molecule has 0 amide bonds. The largest absolute Gasteiger partial charge is 0.497 e. The van der Waals surface area contributed by atoms with Gasteiger partial charge in [-0.25, -0.2) is 4.79 Å². The zero-order chi connectivity index (χ0) is 80.1. The van der Waals surface area contributed by atoms with Gasteiger partial charge in [0.05, 0.1) is 68.8 Å². The van der Waals surface area contributed by atoms with Gasteiger partial charge in [0.2, 0.25) is 6.29 Å². The van der Waals surface area contributed by atoms with E-state index in [-0.39, 0.29) is 38.5 Å². The first kappa shape index (κ1) is 85.2. The van der Waals surface area contributed by atoms with Crippen molar-refractivity contribution < 1.29 is 173 Å². The molecule has 0 radical (unpaired) electrons. The van der Waals surface area contributed by atoms with Crippen LogP contribution in [0.2, 0.25) is 0 Å². The molecular formula is C75H112O35. The molecule has 6 saturated heterocycles. The summed E-state index contributed by atoms with van der Waals surface area (Å²) in [5.41, 5.74) is -5.40. The van der Waals surface area contributed by atoms with Gasteiger partial charge in [-0.05, 0) is 143 Å². The van der Waals surface area contributed by atoms with E-state index in [1.165, 1.54) is 40.9 Å². The Morgan fingerprint density at radius 3 is 1.66 bits per heavy atom. The molecule has 12 rings (SSSR count). The molecule has 11 aliphatic rings. The fourth-order valence-corrected chi connectivity index (χ4v) is 20.4. The average Bonchev–Trinajstić information content (AvgIpc) is 0.668. The third kappa shape index (κ3) is 15.0. The zero-order valence-electron chi connectivity index (χ0n) is 62.9. The normalized spacial score (nSPS) is 50.2. The van der Waals surface area contributed by atoms with Gasteiger partial charge in [-0.3, -0.25) is 9.59 Å². The van der Waals surface area contributed by atoms with E-state index in [0.717, 1.165) is 11.6 Å². The third-order valence-corrected chi connectivity index (χ3v) is 26.9. The van der Waals surface area contributed by atoms with Crippen LogP contribution in [0.1, 0.15) is 119 Å². The Balaban J connectivity index is 0.857. The number of methoxy groups -OCH3 is 1. The number of ether oxygens (including phenoxy) is 14. The SMILES string of the molecule is COc1ccc(/C=C/C(=O)O[C@H]2[C@@H](O[C@H]3O[C@H](C)[C@H](O)[C@H](O)[C@@H]3O)[C@H](O[C@H]3O[C@H](C)[C@@H](O[C@H]4OC[C@@H](O[C@H]5O[C@H](CO)[C@@H](O)[C@@H](O)[C@H]5O)[C@@H](O)[C@H]4O)[C@@H](O)[C@H]3O)[C@@H](OC(=O)[C@]34CCC(C)(C)C[C@@H]3C3=CC[C@@H]5[C@]6(C)C[C@H](O)[C@H](O[C@H]7O[C@H](CO)[C@@H](O)[C@@H](O)[C@H]7O)[C@@](C)(C(=O)O)[C@@H]6CC[C@]5(C)[C@@]3(CO)CC4)O[C@H]2C)cc1. The maximum Gasteiger partial charge on any atom is 0.331 e. The summed E-state index contributed by atoms with van der Waals surface area (Å²) in [6, 6.07) is 6.64. The van der Waals surface area contributed by atoms with Crippen LogP contribution in [0.25, 0.3) is 6.08 Å². The summed E-state index contributed by atoms with van der Waals surface area (Å²) in [6.45, 7) is 11.2. The zero-order valence-corrected chi connectivity index (χ0v) is 62.9. The lowest BCUT2D eigenvalue weighted by Gasteiger charge is -2.71. The summed E-state index contributed by atoms with van der Waals surface area (Å²) in [5.74, 6) is -4.46. The van der Waals surface area contributed by atoms with Crippen LogP contribution < -0.4 is 4.74 Å². The fourth-order valence-electron chi connectivity index (χ4n) is 20.4. The van der Waals surface area contributed by atoms with Crippen LogP contribution >= 0.6 is 0 Å². The highest BCUT2D eigenvalue weighted by Crippen LogP contribution is 2.76. The lowest BCUT2D eigenvalue weighted by atomic mass is 9.33. The monoisotopic (exact) mass is 1570 g/mol. The molecule has 110 heavy (non-hydrogen) atoms. The van der Waals surface area contributed by atoms with Gasteiger partial charge < -0.3 is 158 Å². The summed E-state index contributed by atoms with van der Waals surface area (Å²) < 4.78 is 85.3. The Morgan fingerprint density at radius 1 is 0.527 bits per heavy atom. The van der Waals surface area contributed by atoms with Gasteiger partial charge >= 0.3 is 17.9 Å². The summed E-state index contributed by atoms with van der Waals surface area (Å²) in [5, 5.41) is 200. The van der Waals surface area contributed by atoms with Gasteiger partial charge in [-0.15, -0.1) is 0 Å². The molecule has 0 unspecified atom stereocenters. The van der Waals surface area contributed by atoms with E-state index in [1.54, 1.807) is 24.3 Å². The predicted octanol–water partition coefficient (Wildman–Crippen LogP) is -3.38. The van der Waals surface area contributed by atoms with E-state index in [2.05, 4.69) is 20.8 Å². The lowest BCUT2D eigenvalue weighted by Crippen LogP contribution is -2.71. The maximum atomic E-state index is 16.4. The summed E-state index contributed by atoms with van der Waals surface area (Å²) in [7, 11) is 1.48. The molecule has 0 spiro atoms. The topological polar surface area (TPSA) is 545 Å². The molecule has 4 saturated carbocycles. The third-order valence-electron chi connectivity index (χ3n) is 26.9. The van der Waals surface area contributed by atoms with Gasteiger partial charge in [0, 0.05) is 11.5 Å². The van der Waals surface area contributed by atoms with Crippen LogP contribution in [0.5, 0.6) is 5.75 Å². The molecule has 35 heteroatoms. The van der Waals surface area contributed by atoms with E-state index < -0.39 is 285 Å². The summed E-state index contributed by atoms with van der Waals surface area (Å²) >= 11 is 0. The Morgan fingerprint density at radius 2 is 1.06 bits per heavy atom. The molecule has 35 nitrogen and oxygen atoms in total. The number of carbonyl (C=O) groups excluding carboxylic acids is 2. The second-order valence-electron chi connectivity index (χ2n) is 33.7. The summed E-state index contributed by atoms with van der Waals surface area (Å²) in [6.07, 6.45) is -47.6. The predicted molar refractivity (Wildman–Crippen MR) is 368 cm³/mol. The van der Waals surface area contributed by atoms with Crippen LogP contribution in [0.3, 0.4) is 0 Å². The number of carboxylic acid groups (broad SMARTS) is 1. The van der Waals surface area contributed by atoms with E-state index in [1.807, 2.05) is 13.0 Å². The first-order chi connectivity index (χ1) is 51.8. The van der Waals surface area contributed by atoms with E-state index in [4.69, 9.17) is 66.3 Å². The number of carbonyl (C=O) groups is 3. The Hall–Kier alpha value is -4.21. The van der Waals surface area contributed by atoms with Crippen molar-refractivity contribution >= 4 is 24.0 Å². The van der Waals surface area contributed by atoms with E-state index >= 15 is 4.79 Å². The van der Waals surface area contributed by atoms with Gasteiger partial charge in [0.25, 0.3) is 0 Å². The van der Waals surface area contributed by atoms with Crippen molar-refractivity contribution in [1.82, 2.24) is 0 Å². The van der Waals surface area contributed by atoms with Gasteiger partial charge in [-0.2, -0.15) is 0 Å². The average molecular weight is 1570 g/mol. The number of hydrogen-bond acceptors (Lipinski definition) is 34. The first-order valence-corrected chi connectivity index (χ1v) is 38.0. The van der Waals surface area contributed by atoms with Crippen LogP contribution in [0, 0.1) is 50.2 Å². The molecule has 622 valence electrons. The molecule has 6 aliphatic heterocycles. The number of aliphatic hydroxyl groups is 17. The Labute approximate surface area is 635 Å². The van der Waals surface area contributed by atoms with Gasteiger partial charge in [0.15, 0.2) is 43.7 Å². The number of hydrogen-bond donors (Lipinski definition) is 18. The van der Waals surface area contributed by atoms with Gasteiger partial charge in [-0.1, -0.05) is 51.5 Å². The van der Waals surface area contributed by atoms with Crippen LogP contribution in [0.15, 0.2) is 42.0 Å². The molecule has 5 aliphatic carbocycles. The van der Waals surface area contributed by atoms with E-state index in [9.17, 15) is 102 Å². The number of aliphatic carboxylic acids is 1. The molecule has 6 heterocycles. The minimum atomic E-state index is -2.18. The number of aliphatic hydroxyl groups excluding tert-OH is 17. The fraction of sp³-hybridized carbons (Fsp3) is 0.827. The van der Waals surface area contributed by atoms with Crippen molar-refractivity contribution in [1.29, 1.82) is 0 Å². The van der Waals surface area contributed by atoms with Crippen molar-refractivity contribution in [3.63, 3.8) is 0 Å². The first-order valence-electron chi connectivity index (χ1n) is 38.0. The lowest BCUT2D eigenvalue weighted by molar-refractivity contribution is -0.392. The Bertz CT molecular complexity index is 3420. The highest BCUT2D eigenvalue weighted by atomic mass is 16.8. The molecule has 18 N–H and O–H groups in total. The highest BCUT2D eigenvalue weighted by molar-refractivity contribution is 5.87. The van der Waals surface area contributed by atoms with Crippen LogP contribution in [0.4, 0.5) is 0 Å². The molecule has 0 bridgehead atoms. The van der Waals surface area contributed by atoms with E-state index in [0.29, 0.717) is 30.6 Å². The van der Waals surface area contributed by atoms with Crippen molar-refractivity contribution in [2.24, 2.45) is 50.2 Å². The van der Waals surface area contributed by atoms with Crippen molar-refractivity contribution in [3.8, 4) is 5.75 Å². The molecular weight excluding hydrogens is 1460 g/mol. The number of benzene rings is 1.